The van der Waals surface area contributed by atoms with Crippen LogP contribution in [0.3, 0.4) is 0 Å². The number of rotatable bonds is 9. The molecule has 3 nitrogen and oxygen atoms in total. The highest BCUT2D eigenvalue weighted by atomic mass is 16.5. The fourth-order valence-corrected chi connectivity index (χ4v) is 4.75. The molecule has 0 bridgehead atoms. The Balaban J connectivity index is 1.68. The first-order valence-corrected chi connectivity index (χ1v) is 11.9. The van der Waals surface area contributed by atoms with E-state index in [1.807, 2.05) is 0 Å². The summed E-state index contributed by atoms with van der Waals surface area (Å²) >= 11 is 0. The number of morpholine rings is 1. The molecule has 2 aliphatic rings. The Morgan fingerprint density at radius 2 is 1.84 bits per heavy atom. The molecule has 4 rings (SSSR count). The molecule has 2 atom stereocenters. The average Bonchev–Trinajstić information content (AvgIpc) is 2.86. The largest absolute Gasteiger partial charge is 0.379 e. The molecule has 2 aromatic rings. The molecule has 2 aromatic carbocycles. The molecule has 168 valence electrons. The molecule has 1 aliphatic carbocycles. The van der Waals surface area contributed by atoms with Crippen molar-refractivity contribution in [2.45, 2.75) is 44.2 Å². The van der Waals surface area contributed by atoms with Crippen LogP contribution < -0.4 is 5.32 Å². The minimum atomic E-state index is -0.429. The Bertz CT molecular complexity index is 926. The van der Waals surface area contributed by atoms with E-state index in [0.717, 1.165) is 45.4 Å². The normalized spacial score (nSPS) is 23.7. The zero-order valence-electron chi connectivity index (χ0n) is 19.1. The van der Waals surface area contributed by atoms with Crippen LogP contribution in [-0.4, -0.2) is 38.0 Å². The Kier molecular flexibility index (Phi) is 8.11. The minimum absolute atomic E-state index is 0.366. The van der Waals surface area contributed by atoms with Gasteiger partial charge in [-0.05, 0) is 47.6 Å². The molecule has 1 N–H and O–H groups in total. The van der Waals surface area contributed by atoms with Crippen molar-refractivity contribution in [2.75, 3.05) is 26.4 Å². The van der Waals surface area contributed by atoms with Gasteiger partial charge in [0, 0.05) is 25.6 Å². The standard InChI is InChI=1S/C29H35NO2/c1-2-27(25-14-8-4-9-15-25)28(22-24-12-6-3-7-13-24)29(17-10-5-11-18-29)32-20-16-26-23-31-21-19-30-26/h3-15,17,26,30H,2,16,18-23H2,1H3. The van der Waals surface area contributed by atoms with Crippen LogP contribution in [0.5, 0.6) is 0 Å². The van der Waals surface area contributed by atoms with E-state index in [1.54, 1.807) is 0 Å². The number of hydrogen-bond acceptors (Lipinski definition) is 3. The molecule has 0 amide bonds. The zero-order valence-corrected chi connectivity index (χ0v) is 19.1. The van der Waals surface area contributed by atoms with Crippen molar-refractivity contribution in [3.05, 3.63) is 102 Å². The summed E-state index contributed by atoms with van der Waals surface area (Å²) < 4.78 is 12.5. The number of allylic oxidation sites excluding steroid dienone is 3. The Labute approximate surface area is 192 Å². The second-order valence-electron chi connectivity index (χ2n) is 8.58. The van der Waals surface area contributed by atoms with Crippen LogP contribution in [0.4, 0.5) is 0 Å². The maximum Gasteiger partial charge on any atom is 0.112 e. The highest BCUT2D eigenvalue weighted by molar-refractivity contribution is 5.71. The molecule has 0 radical (unpaired) electrons. The molecule has 0 saturated carbocycles. The van der Waals surface area contributed by atoms with Gasteiger partial charge in [0.25, 0.3) is 0 Å². The topological polar surface area (TPSA) is 30.5 Å². The van der Waals surface area contributed by atoms with E-state index in [0.29, 0.717) is 12.6 Å². The fourth-order valence-electron chi connectivity index (χ4n) is 4.75. The Hall–Kier alpha value is -2.46. The van der Waals surface area contributed by atoms with Gasteiger partial charge in [0.15, 0.2) is 0 Å². The number of ether oxygens (including phenoxy) is 2. The molecular formula is C29H35NO2. The summed E-state index contributed by atoms with van der Waals surface area (Å²) in [6.07, 6.45) is 12.4. The molecule has 0 aromatic heterocycles. The predicted molar refractivity (Wildman–Crippen MR) is 133 cm³/mol. The summed E-state index contributed by atoms with van der Waals surface area (Å²) in [7, 11) is 0. The Morgan fingerprint density at radius 3 is 2.50 bits per heavy atom. The maximum absolute atomic E-state index is 6.82. The van der Waals surface area contributed by atoms with Crippen LogP contribution in [0.25, 0.3) is 5.57 Å². The first-order valence-electron chi connectivity index (χ1n) is 11.9. The lowest BCUT2D eigenvalue weighted by Gasteiger charge is -2.37. The fraction of sp³-hybridized carbons (Fsp3) is 0.379. The van der Waals surface area contributed by atoms with Crippen LogP contribution in [-0.2, 0) is 15.9 Å². The lowest BCUT2D eigenvalue weighted by Crippen LogP contribution is -2.43. The van der Waals surface area contributed by atoms with Gasteiger partial charge in [-0.3, -0.25) is 0 Å². The van der Waals surface area contributed by atoms with Crippen LogP contribution in [0.1, 0.15) is 37.3 Å². The van der Waals surface area contributed by atoms with Crippen LogP contribution >= 0.6 is 0 Å². The Morgan fingerprint density at radius 1 is 1.06 bits per heavy atom. The number of hydrogen-bond donors (Lipinski definition) is 1. The number of nitrogens with one attached hydrogen (secondary N) is 1. The minimum Gasteiger partial charge on any atom is -0.379 e. The van der Waals surface area contributed by atoms with Crippen LogP contribution in [0.2, 0.25) is 0 Å². The first-order chi connectivity index (χ1) is 15.8. The zero-order chi connectivity index (χ0) is 22.1. The van der Waals surface area contributed by atoms with E-state index in [-0.39, 0.29) is 0 Å². The average molecular weight is 430 g/mol. The van der Waals surface area contributed by atoms with Crippen LogP contribution in [0, 0.1) is 0 Å². The molecule has 1 saturated heterocycles. The summed E-state index contributed by atoms with van der Waals surface area (Å²) in [6, 6.07) is 21.9. The van der Waals surface area contributed by atoms with Crippen molar-refractivity contribution in [1.82, 2.24) is 5.32 Å². The highest BCUT2D eigenvalue weighted by Crippen LogP contribution is 2.39. The van der Waals surface area contributed by atoms with E-state index in [2.05, 4.69) is 97.2 Å². The van der Waals surface area contributed by atoms with Gasteiger partial charge in [0.1, 0.15) is 5.60 Å². The van der Waals surface area contributed by atoms with E-state index < -0.39 is 5.60 Å². The molecule has 32 heavy (non-hydrogen) atoms. The molecular weight excluding hydrogens is 394 g/mol. The molecule has 1 aliphatic heterocycles. The molecule has 2 unspecified atom stereocenters. The molecule has 1 heterocycles. The van der Waals surface area contributed by atoms with E-state index in [9.17, 15) is 0 Å². The summed E-state index contributed by atoms with van der Waals surface area (Å²) in [5.41, 5.74) is 4.92. The van der Waals surface area contributed by atoms with Gasteiger partial charge in [-0.2, -0.15) is 0 Å². The quantitative estimate of drug-likeness (QED) is 0.551. The summed E-state index contributed by atoms with van der Waals surface area (Å²) in [6.45, 7) is 5.44. The van der Waals surface area contributed by atoms with Gasteiger partial charge >= 0.3 is 0 Å². The van der Waals surface area contributed by atoms with Crippen molar-refractivity contribution in [2.24, 2.45) is 0 Å². The van der Waals surface area contributed by atoms with Gasteiger partial charge in [-0.1, -0.05) is 85.8 Å². The molecule has 3 heteroatoms. The van der Waals surface area contributed by atoms with Crippen molar-refractivity contribution >= 4 is 5.57 Å². The SMILES string of the molecule is CCC(=C(Cc1ccccc1)C1(OCCC2COCCN2)C=CC=CC1)c1ccccc1. The third kappa shape index (κ3) is 5.66. The van der Waals surface area contributed by atoms with Gasteiger partial charge in [0.05, 0.1) is 13.2 Å². The summed E-state index contributed by atoms with van der Waals surface area (Å²) in [4.78, 5) is 0. The van der Waals surface area contributed by atoms with Crippen LogP contribution in [0.15, 0.2) is 90.5 Å². The van der Waals surface area contributed by atoms with Gasteiger partial charge in [0.2, 0.25) is 0 Å². The smallest absolute Gasteiger partial charge is 0.112 e. The van der Waals surface area contributed by atoms with Gasteiger partial charge in [-0.15, -0.1) is 0 Å². The third-order valence-corrected chi connectivity index (χ3v) is 6.43. The van der Waals surface area contributed by atoms with Crippen molar-refractivity contribution in [3.8, 4) is 0 Å². The van der Waals surface area contributed by atoms with E-state index in [4.69, 9.17) is 9.47 Å². The van der Waals surface area contributed by atoms with Crippen molar-refractivity contribution in [3.63, 3.8) is 0 Å². The van der Waals surface area contributed by atoms with Crippen molar-refractivity contribution < 1.29 is 9.47 Å². The maximum atomic E-state index is 6.82. The number of benzene rings is 2. The van der Waals surface area contributed by atoms with Gasteiger partial charge < -0.3 is 14.8 Å². The van der Waals surface area contributed by atoms with E-state index >= 15 is 0 Å². The summed E-state index contributed by atoms with van der Waals surface area (Å²) in [5, 5.41) is 3.55. The second-order valence-corrected chi connectivity index (χ2v) is 8.58. The first kappa shape index (κ1) is 22.7. The summed E-state index contributed by atoms with van der Waals surface area (Å²) in [5.74, 6) is 0. The van der Waals surface area contributed by atoms with E-state index in [1.165, 1.54) is 22.3 Å². The lowest BCUT2D eigenvalue weighted by atomic mass is 9.78. The van der Waals surface area contributed by atoms with Gasteiger partial charge in [-0.25, -0.2) is 0 Å². The highest BCUT2D eigenvalue weighted by Gasteiger charge is 2.35. The second kappa shape index (κ2) is 11.4. The van der Waals surface area contributed by atoms with Crippen molar-refractivity contribution in [1.29, 1.82) is 0 Å². The predicted octanol–water partition coefficient (Wildman–Crippen LogP) is 5.74. The third-order valence-electron chi connectivity index (χ3n) is 6.43. The molecule has 0 spiro atoms. The monoisotopic (exact) mass is 429 g/mol. The molecule has 1 fully saturated rings. The lowest BCUT2D eigenvalue weighted by molar-refractivity contribution is 0.00185.